The van der Waals surface area contributed by atoms with Gasteiger partial charge in [0.05, 0.1) is 12.7 Å². The highest BCUT2D eigenvalue weighted by molar-refractivity contribution is 6.30. The maximum Gasteiger partial charge on any atom is 0.324 e. The standard InChI is InChI=1S/C23H25ClN4O5/c1-14-11-18(7-8-19(14)27-9-10-32-12-20(27)29)25-22(30)21-15(2)33-13-28(21)23(31)26-17-5-3-16(24)4-6-17/h3-8,11,15,21H,9-10,12-13H2,1-2H3,(H,25,30)(H,26,31)/t15-,21-/m1/s1. The maximum atomic E-state index is 13.1. The predicted molar refractivity (Wildman–Crippen MR) is 124 cm³/mol. The van der Waals surface area contributed by atoms with Crippen LogP contribution >= 0.6 is 11.6 Å². The second-order valence-electron chi connectivity index (χ2n) is 7.94. The summed E-state index contributed by atoms with van der Waals surface area (Å²) in [4.78, 5) is 41.0. The Bertz CT molecular complexity index is 1060. The van der Waals surface area contributed by atoms with Gasteiger partial charge in [0.2, 0.25) is 5.91 Å². The highest BCUT2D eigenvalue weighted by atomic mass is 35.5. The number of nitrogens with one attached hydrogen (secondary N) is 2. The molecule has 2 aliphatic rings. The number of urea groups is 1. The Morgan fingerprint density at radius 3 is 2.52 bits per heavy atom. The van der Waals surface area contributed by atoms with Crippen LogP contribution in [0.15, 0.2) is 42.5 Å². The van der Waals surface area contributed by atoms with Crippen LogP contribution in [-0.4, -0.2) is 61.4 Å². The molecule has 0 saturated carbocycles. The van der Waals surface area contributed by atoms with Gasteiger partial charge in [-0.3, -0.25) is 14.5 Å². The van der Waals surface area contributed by atoms with Crippen molar-refractivity contribution in [2.45, 2.75) is 26.0 Å². The van der Waals surface area contributed by atoms with E-state index >= 15 is 0 Å². The second kappa shape index (κ2) is 9.78. The Hall–Kier alpha value is -3.14. The van der Waals surface area contributed by atoms with Gasteiger partial charge in [-0.1, -0.05) is 11.6 Å². The molecule has 9 nitrogen and oxygen atoms in total. The number of rotatable bonds is 4. The largest absolute Gasteiger partial charge is 0.370 e. The molecule has 2 atom stereocenters. The average molecular weight is 473 g/mol. The third-order valence-electron chi connectivity index (χ3n) is 5.62. The summed E-state index contributed by atoms with van der Waals surface area (Å²) >= 11 is 5.89. The molecule has 10 heteroatoms. The van der Waals surface area contributed by atoms with E-state index in [1.54, 1.807) is 54.3 Å². The molecule has 4 amide bonds. The van der Waals surface area contributed by atoms with E-state index in [0.29, 0.717) is 29.5 Å². The summed E-state index contributed by atoms with van der Waals surface area (Å²) in [5.74, 6) is -0.457. The van der Waals surface area contributed by atoms with Crippen LogP contribution in [0.5, 0.6) is 0 Å². The topological polar surface area (TPSA) is 100 Å². The second-order valence-corrected chi connectivity index (χ2v) is 8.38. The molecule has 2 heterocycles. The third-order valence-corrected chi connectivity index (χ3v) is 5.87. The molecule has 2 saturated heterocycles. The van der Waals surface area contributed by atoms with Crippen LogP contribution in [0.25, 0.3) is 0 Å². The number of hydrogen-bond acceptors (Lipinski definition) is 5. The van der Waals surface area contributed by atoms with E-state index in [-0.39, 0.29) is 25.2 Å². The van der Waals surface area contributed by atoms with Crippen molar-refractivity contribution in [3.63, 3.8) is 0 Å². The molecule has 174 valence electrons. The number of morpholine rings is 1. The van der Waals surface area contributed by atoms with Crippen molar-refractivity contribution in [2.24, 2.45) is 0 Å². The van der Waals surface area contributed by atoms with Gasteiger partial charge in [-0.05, 0) is 61.9 Å². The van der Waals surface area contributed by atoms with Crippen molar-refractivity contribution in [3.8, 4) is 0 Å². The fourth-order valence-corrected chi connectivity index (χ4v) is 4.04. The van der Waals surface area contributed by atoms with Crippen molar-refractivity contribution < 1.29 is 23.9 Å². The van der Waals surface area contributed by atoms with Gasteiger partial charge < -0.3 is 25.0 Å². The Morgan fingerprint density at radius 2 is 1.82 bits per heavy atom. The molecule has 2 N–H and O–H groups in total. The first kappa shape index (κ1) is 23.0. The van der Waals surface area contributed by atoms with Crippen molar-refractivity contribution in [1.29, 1.82) is 0 Å². The SMILES string of the molecule is Cc1cc(NC(=O)[C@H]2[C@@H](C)OCN2C(=O)Nc2ccc(Cl)cc2)ccc1N1CCOCC1=O. The number of carbonyl (C=O) groups is 3. The highest BCUT2D eigenvalue weighted by Gasteiger charge is 2.40. The molecule has 0 aliphatic carbocycles. The zero-order valence-electron chi connectivity index (χ0n) is 18.3. The maximum absolute atomic E-state index is 13.1. The fourth-order valence-electron chi connectivity index (χ4n) is 3.92. The minimum atomic E-state index is -0.807. The van der Waals surface area contributed by atoms with Crippen LogP contribution in [0.2, 0.25) is 5.02 Å². The number of ether oxygens (including phenoxy) is 2. The van der Waals surface area contributed by atoms with Gasteiger partial charge in [0.15, 0.2) is 0 Å². The normalized spacial score (nSPS) is 20.6. The summed E-state index contributed by atoms with van der Waals surface area (Å²) in [5.41, 5.74) is 2.75. The van der Waals surface area contributed by atoms with E-state index in [1.165, 1.54) is 4.90 Å². The van der Waals surface area contributed by atoms with Gasteiger partial charge in [0, 0.05) is 28.6 Å². The Kier molecular flexibility index (Phi) is 6.83. The lowest BCUT2D eigenvalue weighted by Gasteiger charge is -2.28. The molecule has 0 bridgehead atoms. The Balaban J connectivity index is 1.44. The zero-order valence-corrected chi connectivity index (χ0v) is 19.1. The smallest absolute Gasteiger partial charge is 0.324 e. The first-order valence-electron chi connectivity index (χ1n) is 10.6. The number of nitrogens with zero attached hydrogens (tertiary/aromatic N) is 2. The first-order chi connectivity index (χ1) is 15.8. The summed E-state index contributed by atoms with van der Waals surface area (Å²) in [6.45, 7) is 4.65. The van der Waals surface area contributed by atoms with Crippen molar-refractivity contribution in [3.05, 3.63) is 53.1 Å². The molecule has 33 heavy (non-hydrogen) atoms. The average Bonchev–Trinajstić information content (AvgIpc) is 3.18. The third kappa shape index (κ3) is 5.11. The van der Waals surface area contributed by atoms with E-state index in [9.17, 15) is 14.4 Å². The lowest BCUT2D eigenvalue weighted by molar-refractivity contribution is -0.125. The van der Waals surface area contributed by atoms with Crippen molar-refractivity contribution in [2.75, 3.05) is 42.0 Å². The van der Waals surface area contributed by atoms with Gasteiger partial charge in [-0.25, -0.2) is 4.79 Å². The molecule has 0 aromatic heterocycles. The van der Waals surface area contributed by atoms with Gasteiger partial charge >= 0.3 is 6.03 Å². The Labute approximate surface area is 196 Å². The summed E-state index contributed by atoms with van der Waals surface area (Å²) in [6.07, 6.45) is -0.479. The van der Waals surface area contributed by atoms with Gasteiger partial charge in [0.25, 0.3) is 5.91 Å². The lowest BCUT2D eigenvalue weighted by atomic mass is 10.1. The molecule has 2 aliphatic heterocycles. The van der Waals surface area contributed by atoms with Crippen LogP contribution in [0.4, 0.5) is 21.9 Å². The molecule has 2 aromatic rings. The van der Waals surface area contributed by atoms with Crippen LogP contribution in [0.3, 0.4) is 0 Å². The van der Waals surface area contributed by atoms with Crippen LogP contribution in [-0.2, 0) is 19.1 Å². The number of carbonyl (C=O) groups excluding carboxylic acids is 3. The molecule has 2 fully saturated rings. The van der Waals surface area contributed by atoms with E-state index in [1.807, 2.05) is 6.92 Å². The summed E-state index contributed by atoms with van der Waals surface area (Å²) in [5, 5.41) is 6.18. The minimum absolute atomic E-state index is 0.00418. The highest BCUT2D eigenvalue weighted by Crippen LogP contribution is 2.26. The molecular formula is C23H25ClN4O5. The molecule has 0 unspecified atom stereocenters. The van der Waals surface area contributed by atoms with Crippen molar-refractivity contribution in [1.82, 2.24) is 4.90 Å². The van der Waals surface area contributed by atoms with Crippen LogP contribution in [0.1, 0.15) is 12.5 Å². The van der Waals surface area contributed by atoms with Gasteiger partial charge in [-0.2, -0.15) is 0 Å². The summed E-state index contributed by atoms with van der Waals surface area (Å²) in [6, 6.07) is 10.8. The number of anilines is 3. The van der Waals surface area contributed by atoms with Gasteiger partial charge in [-0.15, -0.1) is 0 Å². The first-order valence-corrected chi connectivity index (χ1v) is 11.0. The van der Waals surface area contributed by atoms with Gasteiger partial charge in [0.1, 0.15) is 19.4 Å². The van der Waals surface area contributed by atoms with Crippen LogP contribution < -0.4 is 15.5 Å². The summed E-state index contributed by atoms with van der Waals surface area (Å²) < 4.78 is 10.8. The molecular weight excluding hydrogens is 448 g/mol. The number of amides is 4. The zero-order chi connectivity index (χ0) is 23.5. The molecule has 0 radical (unpaired) electrons. The monoisotopic (exact) mass is 472 g/mol. The molecule has 2 aromatic carbocycles. The lowest BCUT2D eigenvalue weighted by Crippen LogP contribution is -2.48. The number of halogens is 1. The number of hydrogen-bond donors (Lipinski definition) is 2. The van der Waals surface area contributed by atoms with E-state index < -0.39 is 18.2 Å². The van der Waals surface area contributed by atoms with E-state index in [4.69, 9.17) is 21.1 Å². The minimum Gasteiger partial charge on any atom is -0.370 e. The number of aryl methyl sites for hydroxylation is 1. The predicted octanol–water partition coefficient (Wildman–Crippen LogP) is 3.23. The summed E-state index contributed by atoms with van der Waals surface area (Å²) in [7, 11) is 0. The quantitative estimate of drug-likeness (QED) is 0.711. The number of benzene rings is 2. The molecule has 4 rings (SSSR count). The van der Waals surface area contributed by atoms with E-state index in [0.717, 1.165) is 11.3 Å². The fraction of sp³-hybridized carbons (Fsp3) is 0.348. The van der Waals surface area contributed by atoms with Crippen molar-refractivity contribution >= 4 is 46.5 Å². The van der Waals surface area contributed by atoms with E-state index in [2.05, 4.69) is 10.6 Å². The molecule has 0 spiro atoms. The Morgan fingerprint density at radius 1 is 1.09 bits per heavy atom. The van der Waals surface area contributed by atoms with Crippen LogP contribution in [0, 0.1) is 6.92 Å².